The van der Waals surface area contributed by atoms with Gasteiger partial charge in [-0.05, 0) is 46.4 Å². The van der Waals surface area contributed by atoms with Crippen LogP contribution in [0.5, 0.6) is 5.75 Å². The van der Waals surface area contributed by atoms with Gasteiger partial charge >= 0.3 is 12.1 Å². The second-order valence-electron chi connectivity index (χ2n) is 12.1. The summed E-state index contributed by atoms with van der Waals surface area (Å²) >= 11 is 0. The van der Waals surface area contributed by atoms with Gasteiger partial charge in [-0.25, -0.2) is 13.6 Å². The van der Waals surface area contributed by atoms with Gasteiger partial charge in [0.05, 0.1) is 12.1 Å². The molecule has 3 atom stereocenters. The third-order valence-electron chi connectivity index (χ3n) is 8.70. The van der Waals surface area contributed by atoms with E-state index in [9.17, 15) is 46.6 Å². The highest BCUT2D eigenvalue weighted by Crippen LogP contribution is 2.39. The Labute approximate surface area is 287 Å². The van der Waals surface area contributed by atoms with E-state index >= 15 is 0 Å². The van der Waals surface area contributed by atoms with Crippen LogP contribution in [0.25, 0.3) is 10.8 Å². The summed E-state index contributed by atoms with van der Waals surface area (Å²) in [5.74, 6) is -13.3. The molecule has 0 saturated carbocycles. The molecule has 6 rings (SSSR count). The molecule has 15 heteroatoms. The largest absolute Gasteiger partial charge is 0.481 e. The lowest BCUT2D eigenvalue weighted by Crippen LogP contribution is -2.56. The van der Waals surface area contributed by atoms with Crippen LogP contribution in [0.3, 0.4) is 0 Å². The summed E-state index contributed by atoms with van der Waals surface area (Å²) in [6.45, 7) is -1.34. The average Bonchev–Trinajstić information content (AvgIpc) is 3.45. The number of aliphatic carboxylic acids is 1. The number of carboxylic acids is 1. The number of ketones is 1. The van der Waals surface area contributed by atoms with Crippen molar-refractivity contribution in [1.82, 2.24) is 10.6 Å². The maximum atomic E-state index is 14.1. The fraction of sp³-hybridized carbons (Fsp3) is 0.250. The molecular formula is C36H29F4N3O8. The van der Waals surface area contributed by atoms with Gasteiger partial charge in [-0.3, -0.25) is 24.1 Å². The van der Waals surface area contributed by atoms with Gasteiger partial charge in [-0.2, -0.15) is 8.78 Å². The van der Waals surface area contributed by atoms with Crippen molar-refractivity contribution in [2.24, 2.45) is 0 Å². The number of anilines is 1. The number of ether oxygens (including phenoxy) is 2. The van der Waals surface area contributed by atoms with Crippen LogP contribution >= 0.6 is 0 Å². The zero-order valence-corrected chi connectivity index (χ0v) is 26.6. The van der Waals surface area contributed by atoms with Gasteiger partial charge in [0.25, 0.3) is 0 Å². The molecule has 4 aromatic rings. The smallest absolute Gasteiger partial charge is 0.408 e. The molecular weight excluding hydrogens is 678 g/mol. The topological polar surface area (TPSA) is 151 Å². The third kappa shape index (κ3) is 7.32. The van der Waals surface area contributed by atoms with Gasteiger partial charge in [0.2, 0.25) is 23.4 Å². The fourth-order valence-corrected chi connectivity index (χ4v) is 6.25. The van der Waals surface area contributed by atoms with Crippen LogP contribution in [0.2, 0.25) is 0 Å². The lowest BCUT2D eigenvalue weighted by atomic mass is 10.0. The Balaban J connectivity index is 1.16. The minimum absolute atomic E-state index is 0.0245. The summed E-state index contributed by atoms with van der Waals surface area (Å²) in [7, 11) is 0. The van der Waals surface area contributed by atoms with Gasteiger partial charge < -0.3 is 25.2 Å². The predicted molar refractivity (Wildman–Crippen MR) is 172 cm³/mol. The number of carbonyl (C=O) groups excluding carboxylic acids is 4. The number of alkyl carbamates (subject to hydrolysis) is 1. The Kier molecular flexibility index (Phi) is 9.89. The number of para-hydroxylation sites is 1. The molecule has 0 saturated heterocycles. The van der Waals surface area contributed by atoms with Gasteiger partial charge in [0.1, 0.15) is 31.3 Å². The number of carboxylic acid groups (broad SMARTS) is 1. The molecule has 3 N–H and O–H groups in total. The summed E-state index contributed by atoms with van der Waals surface area (Å²) < 4.78 is 65.4. The van der Waals surface area contributed by atoms with E-state index in [-0.39, 0.29) is 25.5 Å². The van der Waals surface area contributed by atoms with Crippen molar-refractivity contribution >= 4 is 46.1 Å². The van der Waals surface area contributed by atoms with E-state index in [4.69, 9.17) is 4.74 Å². The van der Waals surface area contributed by atoms with E-state index < -0.39 is 89.8 Å². The maximum absolute atomic E-state index is 14.1. The summed E-state index contributed by atoms with van der Waals surface area (Å²) in [6.07, 6.45) is -1.38. The first kappa shape index (κ1) is 34.9. The minimum atomic E-state index is -1.92. The molecule has 51 heavy (non-hydrogen) atoms. The number of carbonyl (C=O) groups is 5. The zero-order valence-electron chi connectivity index (χ0n) is 26.6. The molecule has 11 nitrogen and oxygen atoms in total. The number of halogens is 4. The number of hydrogen-bond donors (Lipinski definition) is 3. The van der Waals surface area contributed by atoms with Crippen molar-refractivity contribution < 1.29 is 56.1 Å². The Bertz CT molecular complexity index is 2050. The van der Waals surface area contributed by atoms with Crippen LogP contribution in [0, 0.1) is 23.3 Å². The van der Waals surface area contributed by atoms with Gasteiger partial charge in [-0.15, -0.1) is 0 Å². The van der Waals surface area contributed by atoms with Crippen LogP contribution in [0.4, 0.5) is 28.0 Å². The minimum Gasteiger partial charge on any atom is -0.481 e. The van der Waals surface area contributed by atoms with E-state index in [2.05, 4.69) is 15.4 Å². The number of rotatable bonds is 11. The van der Waals surface area contributed by atoms with Crippen LogP contribution in [-0.2, 0) is 43.4 Å². The molecule has 0 fully saturated rings. The molecule has 2 heterocycles. The summed E-state index contributed by atoms with van der Waals surface area (Å²) in [6, 6.07) is 14.1. The van der Waals surface area contributed by atoms with Crippen LogP contribution in [0.15, 0.2) is 66.7 Å². The van der Waals surface area contributed by atoms with E-state index in [1.54, 1.807) is 18.2 Å². The third-order valence-corrected chi connectivity index (χ3v) is 8.70. The highest BCUT2D eigenvalue weighted by atomic mass is 19.2. The quantitative estimate of drug-likeness (QED) is 0.152. The normalized spacial score (nSPS) is 16.9. The SMILES string of the molecule is O=C(O)CC(NC(=O)[C@@H]1Cc2cccc3c2N1C(=O)[C@@H](NC(=O)OCc1ccc2ccccc2c1)CC3)C(=O)COc1c(F)c(F)cc(F)c1F. The van der Waals surface area contributed by atoms with Crippen molar-refractivity contribution in [1.29, 1.82) is 0 Å². The summed E-state index contributed by atoms with van der Waals surface area (Å²) in [4.78, 5) is 66.4. The molecule has 3 amide bonds. The predicted octanol–water partition coefficient (Wildman–Crippen LogP) is 4.50. The number of nitrogens with zero attached hydrogens (tertiary/aromatic N) is 1. The van der Waals surface area contributed by atoms with Crippen molar-refractivity contribution in [2.75, 3.05) is 11.5 Å². The number of hydrogen-bond acceptors (Lipinski definition) is 7. The number of Topliss-reactive ketones (excluding diaryl/α,β-unsaturated/α-hetero) is 1. The number of amides is 3. The van der Waals surface area contributed by atoms with Crippen LogP contribution in [-0.4, -0.2) is 59.5 Å². The molecule has 2 aliphatic rings. The molecule has 0 bridgehead atoms. The molecule has 2 aliphatic heterocycles. The molecule has 0 spiro atoms. The summed E-state index contributed by atoms with van der Waals surface area (Å²) in [5.41, 5.74) is 2.49. The monoisotopic (exact) mass is 707 g/mol. The Morgan fingerprint density at radius 1 is 0.902 bits per heavy atom. The molecule has 0 aromatic heterocycles. The molecule has 0 aliphatic carbocycles. The Hall–Kier alpha value is -5.99. The Morgan fingerprint density at radius 3 is 2.33 bits per heavy atom. The van der Waals surface area contributed by atoms with Gasteiger partial charge in [-0.1, -0.05) is 54.6 Å². The van der Waals surface area contributed by atoms with E-state index in [1.165, 1.54) is 4.90 Å². The van der Waals surface area contributed by atoms with Gasteiger partial charge in [0.15, 0.2) is 23.2 Å². The van der Waals surface area contributed by atoms with Crippen LogP contribution < -0.4 is 20.3 Å². The van der Waals surface area contributed by atoms with E-state index in [0.29, 0.717) is 23.2 Å². The maximum Gasteiger partial charge on any atom is 0.408 e. The lowest BCUT2D eigenvalue weighted by molar-refractivity contribution is -0.140. The first-order valence-corrected chi connectivity index (χ1v) is 15.8. The molecule has 4 aromatic carbocycles. The molecule has 264 valence electrons. The second kappa shape index (κ2) is 14.5. The van der Waals surface area contributed by atoms with E-state index in [1.807, 2.05) is 42.5 Å². The highest BCUT2D eigenvalue weighted by Gasteiger charge is 2.45. The first-order valence-electron chi connectivity index (χ1n) is 15.8. The lowest BCUT2D eigenvalue weighted by Gasteiger charge is -2.28. The number of nitrogens with one attached hydrogen (secondary N) is 2. The van der Waals surface area contributed by atoms with Gasteiger partial charge in [0, 0.05) is 12.5 Å². The zero-order chi connectivity index (χ0) is 36.4. The van der Waals surface area contributed by atoms with E-state index in [0.717, 1.165) is 16.3 Å². The first-order chi connectivity index (χ1) is 24.4. The number of fused-ring (bicyclic) bond motifs is 1. The Morgan fingerprint density at radius 2 is 1.61 bits per heavy atom. The standard InChI is InChI=1S/C36H29F4N3O8/c37-23-14-24(38)31(40)33(30(23)39)50-17-28(44)26(15-29(45)46)41-34(47)27-13-22-7-3-6-20-10-11-25(35(48)43(27)32(20)22)42-36(49)51-16-18-8-9-19-4-1-2-5-21(19)12-18/h1-9,12,14,25-27H,10-11,13,15-17H2,(H,41,47)(H,42,49)(H,45,46)/t25-,26?,27-/m0/s1. The molecule has 0 radical (unpaired) electrons. The van der Waals surface area contributed by atoms with Crippen molar-refractivity contribution in [3.63, 3.8) is 0 Å². The number of benzene rings is 4. The van der Waals surface area contributed by atoms with Crippen LogP contribution in [0.1, 0.15) is 29.5 Å². The van der Waals surface area contributed by atoms with Crippen molar-refractivity contribution in [2.45, 2.75) is 50.4 Å². The highest BCUT2D eigenvalue weighted by molar-refractivity contribution is 6.08. The second-order valence-corrected chi connectivity index (χ2v) is 12.1. The fourth-order valence-electron chi connectivity index (χ4n) is 6.25. The summed E-state index contributed by atoms with van der Waals surface area (Å²) in [5, 5.41) is 16.3. The average molecular weight is 708 g/mol. The van der Waals surface area contributed by atoms with Crippen molar-refractivity contribution in [3.8, 4) is 5.75 Å². The molecule has 1 unspecified atom stereocenters. The number of aryl methyl sites for hydroxylation is 1. The van der Waals surface area contributed by atoms with Crippen molar-refractivity contribution in [3.05, 3.63) is 107 Å².